The van der Waals surface area contributed by atoms with Crippen LogP contribution in [-0.2, 0) is 20.4 Å². The van der Waals surface area contributed by atoms with Crippen LogP contribution in [0.15, 0.2) is 42.0 Å². The van der Waals surface area contributed by atoms with Crippen LogP contribution in [0.1, 0.15) is 63.5 Å². The van der Waals surface area contributed by atoms with Gasteiger partial charge in [0.15, 0.2) is 0 Å². The summed E-state index contributed by atoms with van der Waals surface area (Å²) < 4.78 is 0.404. The van der Waals surface area contributed by atoms with Crippen molar-refractivity contribution in [1.82, 2.24) is 0 Å². The fraction of sp³-hybridized carbons (Fsp3) is 0.565. The minimum atomic E-state index is -0.336. The first-order valence-corrected chi connectivity index (χ1v) is 12.3. The molecule has 1 saturated carbocycles. The van der Waals surface area contributed by atoms with Gasteiger partial charge in [0.2, 0.25) is 0 Å². The molecule has 3 atom stereocenters. The normalized spacial score (nSPS) is 28.2. The molecule has 0 saturated heterocycles. The number of aryl methyl sites for hydroxylation is 2. The molecule has 28 heavy (non-hydrogen) atoms. The van der Waals surface area contributed by atoms with Crippen LogP contribution in [0.2, 0.25) is 8.76 Å². The number of allylic oxidation sites excluding steroid dienone is 4. The van der Waals surface area contributed by atoms with E-state index < -0.39 is 0 Å². The predicted octanol–water partition coefficient (Wildman–Crippen LogP) is -3.52. The maximum atomic E-state index is 2.64. The molecular weight excluding hydrogens is 459 g/mol. The van der Waals surface area contributed by atoms with Crippen molar-refractivity contribution in [3.63, 3.8) is 0 Å². The molecule has 1 fully saturated rings. The Morgan fingerprint density at radius 2 is 1.71 bits per heavy atom. The summed E-state index contributed by atoms with van der Waals surface area (Å²) in [6.07, 6.45) is 15.4. The Kier molecular flexibility index (Phi) is 12.0. The second-order valence-electron chi connectivity index (χ2n) is 8.78. The number of rotatable bonds is 6. The van der Waals surface area contributed by atoms with Gasteiger partial charge in [-0.2, -0.15) is 0 Å². The van der Waals surface area contributed by atoms with Crippen molar-refractivity contribution in [1.29, 1.82) is 0 Å². The maximum Gasteiger partial charge on any atom is -1.00 e. The second-order valence-corrected chi connectivity index (χ2v) is 12.8. The summed E-state index contributed by atoms with van der Waals surface area (Å²) in [6.45, 7) is 9.48. The monoisotopic (exact) mass is 490 g/mol. The van der Waals surface area contributed by atoms with Gasteiger partial charge in [-0.3, -0.25) is 0 Å². The molecule has 2 aliphatic carbocycles. The van der Waals surface area contributed by atoms with Crippen molar-refractivity contribution in [3.8, 4) is 0 Å². The topological polar surface area (TPSA) is 0 Å². The van der Waals surface area contributed by atoms with E-state index in [0.29, 0.717) is 8.76 Å². The van der Waals surface area contributed by atoms with E-state index in [2.05, 4.69) is 84.6 Å². The van der Waals surface area contributed by atoms with Crippen LogP contribution in [0.25, 0.3) is 0 Å². The van der Waals surface area contributed by atoms with Gasteiger partial charge in [-0.15, -0.1) is 0 Å². The summed E-state index contributed by atoms with van der Waals surface area (Å²) in [5.41, 5.74) is 4.66. The zero-order valence-electron chi connectivity index (χ0n) is 17.6. The molecule has 0 aliphatic heterocycles. The Labute approximate surface area is 205 Å². The SMILES string of the molecule is CCCCC[C]1([Ti+3])C2=CC=CCC2CC1(C)[SiH2]c1cc(C)cc(C)c1.[Cl-].[Cl-].[Cl-]. The molecule has 0 aromatic heterocycles. The molecule has 1 aromatic carbocycles. The first-order valence-electron chi connectivity index (χ1n) is 10.1. The van der Waals surface area contributed by atoms with Crippen molar-refractivity contribution in [3.05, 3.63) is 53.1 Å². The molecule has 3 unspecified atom stereocenters. The molecule has 0 nitrogen and oxygen atoms in total. The minimum Gasteiger partial charge on any atom is -1.00 e. The van der Waals surface area contributed by atoms with E-state index in [0.717, 1.165) is 5.92 Å². The van der Waals surface area contributed by atoms with Gasteiger partial charge in [0, 0.05) is 0 Å². The Bertz CT molecular complexity index is 683. The van der Waals surface area contributed by atoms with Crippen molar-refractivity contribution >= 4 is 14.7 Å². The van der Waals surface area contributed by atoms with Crippen LogP contribution >= 0.6 is 0 Å². The number of benzene rings is 1. The third-order valence-electron chi connectivity index (χ3n) is 6.52. The minimum absolute atomic E-state index is 0. The third-order valence-corrected chi connectivity index (χ3v) is 11.3. The van der Waals surface area contributed by atoms with Crippen molar-refractivity contribution < 1.29 is 57.7 Å². The molecule has 0 amide bonds. The molecule has 0 spiro atoms. The second kappa shape index (κ2) is 11.8. The smallest absolute Gasteiger partial charge is 1.00 e. The quantitative estimate of drug-likeness (QED) is 0.286. The molecule has 154 valence electrons. The van der Waals surface area contributed by atoms with E-state index in [1.807, 2.05) is 0 Å². The van der Waals surface area contributed by atoms with E-state index in [1.165, 1.54) is 49.7 Å². The van der Waals surface area contributed by atoms with E-state index in [4.69, 9.17) is 0 Å². The van der Waals surface area contributed by atoms with Crippen molar-refractivity contribution in [2.75, 3.05) is 0 Å². The van der Waals surface area contributed by atoms with Gasteiger partial charge in [0.25, 0.3) is 0 Å². The zero-order valence-corrected chi connectivity index (χ0v) is 22.9. The molecule has 0 N–H and O–H groups in total. The van der Waals surface area contributed by atoms with Gasteiger partial charge >= 0.3 is 169 Å². The Morgan fingerprint density at radius 3 is 2.32 bits per heavy atom. The molecule has 3 rings (SSSR count). The van der Waals surface area contributed by atoms with Gasteiger partial charge in [-0.1, -0.05) is 0 Å². The van der Waals surface area contributed by atoms with Gasteiger partial charge in [-0.05, 0) is 0 Å². The Balaban J connectivity index is 0.00000243. The molecular formula is C23H33Cl3SiTi. The number of hydrogen-bond donors (Lipinski definition) is 0. The Morgan fingerprint density at radius 1 is 1.07 bits per heavy atom. The zero-order chi connectivity index (χ0) is 18.1. The average Bonchev–Trinajstić information content (AvgIpc) is 2.75. The summed E-state index contributed by atoms with van der Waals surface area (Å²) in [4.78, 5) is 0. The van der Waals surface area contributed by atoms with E-state index in [1.54, 1.807) is 10.8 Å². The summed E-state index contributed by atoms with van der Waals surface area (Å²) >= 11 is 2.61. The molecule has 0 bridgehead atoms. The van der Waals surface area contributed by atoms with Crippen LogP contribution in [0.5, 0.6) is 0 Å². The number of halogens is 3. The van der Waals surface area contributed by atoms with Gasteiger partial charge < -0.3 is 37.2 Å². The summed E-state index contributed by atoms with van der Waals surface area (Å²) in [6, 6.07) is 7.28. The van der Waals surface area contributed by atoms with Crippen molar-refractivity contribution in [2.24, 2.45) is 5.92 Å². The number of unbranched alkanes of at least 4 members (excludes halogenated alkanes) is 2. The van der Waals surface area contributed by atoms with Crippen molar-refractivity contribution in [2.45, 2.75) is 75.0 Å². The van der Waals surface area contributed by atoms with E-state index in [-0.39, 0.29) is 46.7 Å². The van der Waals surface area contributed by atoms with Gasteiger partial charge in [-0.25, -0.2) is 0 Å². The van der Waals surface area contributed by atoms with Crippen LogP contribution in [0, 0.1) is 19.8 Å². The third kappa shape index (κ3) is 5.80. The first kappa shape index (κ1) is 28.5. The fourth-order valence-corrected chi connectivity index (χ4v) is 9.58. The van der Waals surface area contributed by atoms with Gasteiger partial charge in [0.1, 0.15) is 0 Å². The van der Waals surface area contributed by atoms with E-state index in [9.17, 15) is 0 Å². The number of fused-ring (bicyclic) bond motifs is 1. The van der Waals surface area contributed by atoms with Crippen LogP contribution in [0.4, 0.5) is 0 Å². The molecule has 2 aliphatic rings. The molecule has 0 heterocycles. The van der Waals surface area contributed by atoms with E-state index >= 15 is 0 Å². The summed E-state index contributed by atoms with van der Waals surface area (Å²) in [5, 5.41) is 2.18. The fourth-order valence-electron chi connectivity index (χ4n) is 5.36. The standard InChI is InChI=1S/C23H33Si.3ClH.Ti/c1-5-6-7-12-22-21-11-9-8-10-19(21)16-23(22,4)24-20-14-17(2)13-18(3)15-20;;;;/h8-9,11,13-15,19H,5-7,10,12,16,24H2,1-4H3;3*1H;/q;;;;+3/p-3. The first-order chi connectivity index (χ1) is 11.9. The summed E-state index contributed by atoms with van der Waals surface area (Å²) in [5.74, 6) is 0.806. The Hall–Kier alpha value is 0.501. The maximum absolute atomic E-state index is 2.64. The largest absolute Gasteiger partial charge is 1.00 e. The molecule has 0 radical (unpaired) electrons. The molecule has 5 heteroatoms. The van der Waals surface area contributed by atoms with Gasteiger partial charge in [0.05, 0.1) is 0 Å². The summed E-state index contributed by atoms with van der Waals surface area (Å²) in [7, 11) is -0.336. The average molecular weight is 492 g/mol. The number of hydrogen-bond acceptors (Lipinski definition) is 0. The predicted molar refractivity (Wildman–Crippen MR) is 109 cm³/mol. The van der Waals surface area contributed by atoms with Crippen LogP contribution < -0.4 is 42.4 Å². The van der Waals surface area contributed by atoms with Crippen LogP contribution in [0.3, 0.4) is 0 Å². The van der Waals surface area contributed by atoms with Crippen LogP contribution in [-0.4, -0.2) is 9.52 Å². The molecule has 1 aromatic rings.